The molecule has 4 N–H and O–H groups in total. The van der Waals surface area contributed by atoms with Crippen LogP contribution in [0, 0.1) is 52.3 Å². The van der Waals surface area contributed by atoms with Gasteiger partial charge in [0, 0.05) is 0 Å². The van der Waals surface area contributed by atoms with Crippen LogP contribution in [0.4, 0.5) is 0 Å². The van der Waals surface area contributed by atoms with Gasteiger partial charge in [0.1, 0.15) is 0 Å². The van der Waals surface area contributed by atoms with Gasteiger partial charge in [-0.05, 0) is 110 Å². The topological polar surface area (TPSA) is 80.9 Å². The summed E-state index contributed by atoms with van der Waals surface area (Å²) < 4.78 is 0. The molecule has 31 heavy (non-hydrogen) atoms. The molecule has 0 aromatic carbocycles. The van der Waals surface area contributed by atoms with Crippen LogP contribution in [0.15, 0.2) is 0 Å². The highest BCUT2D eigenvalue weighted by molar-refractivity contribution is 5.13. The Hall–Kier alpha value is -0.160. The first-order chi connectivity index (χ1) is 14.5. The summed E-state index contributed by atoms with van der Waals surface area (Å²) in [6, 6.07) is 0. The lowest BCUT2D eigenvalue weighted by molar-refractivity contribution is -0.181. The average Bonchev–Trinajstić information content (AvgIpc) is 2.98. The van der Waals surface area contributed by atoms with Crippen LogP contribution in [0.3, 0.4) is 0 Å². The summed E-state index contributed by atoms with van der Waals surface area (Å²) in [6.45, 7) is 11.3. The fourth-order valence-electron chi connectivity index (χ4n) is 9.24. The molecule has 0 heterocycles. The Labute approximate surface area is 189 Å². The number of aliphatic hydroxyl groups excluding tert-OH is 4. The zero-order valence-corrected chi connectivity index (χ0v) is 20.5. The van der Waals surface area contributed by atoms with Crippen molar-refractivity contribution in [3.05, 3.63) is 0 Å². The summed E-state index contributed by atoms with van der Waals surface area (Å²) >= 11 is 0. The molecule has 12 atom stereocenters. The minimum Gasteiger partial charge on any atom is -0.393 e. The molecule has 0 saturated heterocycles. The number of fused-ring (bicyclic) bond motifs is 5. The first-order valence-electron chi connectivity index (χ1n) is 13.2. The summed E-state index contributed by atoms with van der Waals surface area (Å²) in [6.07, 6.45) is 7.36. The molecular weight excluding hydrogens is 388 g/mol. The summed E-state index contributed by atoms with van der Waals surface area (Å²) in [5.41, 5.74) is 0.216. The molecule has 0 aromatic heterocycles. The fourth-order valence-corrected chi connectivity index (χ4v) is 9.24. The average molecular weight is 437 g/mol. The van der Waals surface area contributed by atoms with Crippen molar-refractivity contribution in [2.24, 2.45) is 52.3 Å². The Morgan fingerprint density at radius 1 is 0.806 bits per heavy atom. The number of rotatable bonds is 5. The quantitative estimate of drug-likeness (QED) is 0.515. The number of aliphatic hydroxyl groups is 4. The normalized spacial score (nSPS) is 51.7. The van der Waals surface area contributed by atoms with Crippen molar-refractivity contribution < 1.29 is 20.4 Å². The summed E-state index contributed by atoms with van der Waals surface area (Å²) in [7, 11) is 0. The Bertz CT molecular complexity index is 637. The van der Waals surface area contributed by atoms with Crippen molar-refractivity contribution in [1.82, 2.24) is 0 Å². The monoisotopic (exact) mass is 436 g/mol. The molecule has 4 nitrogen and oxygen atoms in total. The third kappa shape index (κ3) is 3.92. The first kappa shape index (κ1) is 24.0. The molecule has 4 aliphatic carbocycles. The van der Waals surface area contributed by atoms with Crippen LogP contribution in [0.5, 0.6) is 0 Å². The molecule has 0 radical (unpaired) electrons. The van der Waals surface area contributed by atoms with Crippen molar-refractivity contribution in [3.8, 4) is 0 Å². The number of hydrogen-bond donors (Lipinski definition) is 4. The predicted octanol–water partition coefficient (Wildman–Crippen LogP) is 4.38. The Morgan fingerprint density at radius 3 is 2.16 bits per heavy atom. The van der Waals surface area contributed by atoms with Crippen LogP contribution in [-0.4, -0.2) is 44.8 Å². The molecular formula is C27H48O4. The van der Waals surface area contributed by atoms with Crippen LogP contribution in [0.25, 0.3) is 0 Å². The molecule has 4 rings (SSSR count). The van der Waals surface area contributed by atoms with E-state index in [1.54, 1.807) is 0 Å². The van der Waals surface area contributed by atoms with Gasteiger partial charge in [0.05, 0.1) is 24.4 Å². The molecule has 4 aliphatic rings. The van der Waals surface area contributed by atoms with Crippen LogP contribution in [0.2, 0.25) is 0 Å². The van der Waals surface area contributed by atoms with Crippen molar-refractivity contribution >= 4 is 0 Å². The van der Waals surface area contributed by atoms with Crippen LogP contribution >= 0.6 is 0 Å². The molecule has 0 amide bonds. The Balaban J connectivity index is 1.54. The predicted molar refractivity (Wildman–Crippen MR) is 123 cm³/mol. The van der Waals surface area contributed by atoms with Gasteiger partial charge in [-0.25, -0.2) is 0 Å². The molecule has 0 bridgehead atoms. The Kier molecular flexibility index (Phi) is 6.62. The maximum absolute atomic E-state index is 11.4. The van der Waals surface area contributed by atoms with E-state index in [4.69, 9.17) is 0 Å². The van der Waals surface area contributed by atoms with E-state index in [-0.39, 0.29) is 47.1 Å². The third-order valence-corrected chi connectivity index (χ3v) is 11.1. The highest BCUT2D eigenvalue weighted by Gasteiger charge is 2.64. The highest BCUT2D eigenvalue weighted by Crippen LogP contribution is 2.68. The summed E-state index contributed by atoms with van der Waals surface area (Å²) in [4.78, 5) is 0. The third-order valence-electron chi connectivity index (χ3n) is 11.1. The highest BCUT2D eigenvalue weighted by atomic mass is 16.3. The number of hydrogen-bond acceptors (Lipinski definition) is 4. The van der Waals surface area contributed by atoms with E-state index in [1.807, 2.05) is 0 Å². The van der Waals surface area contributed by atoms with E-state index < -0.39 is 0 Å². The summed E-state index contributed by atoms with van der Waals surface area (Å²) in [5, 5.41) is 43.1. The minimum absolute atomic E-state index is 0.0910. The van der Waals surface area contributed by atoms with Gasteiger partial charge < -0.3 is 20.4 Å². The maximum atomic E-state index is 11.4. The minimum atomic E-state index is -0.353. The molecule has 0 aliphatic heterocycles. The standard InChI is InChI=1S/C27H48O4/c1-15(2)22(29)7-6-16(3)20-14-24(31)25-18-13-23(30)21-12-17(28)8-10-26(21,4)19(18)9-11-27(20,25)5/h15-25,28-31H,6-14H2,1-5H3/t16?,17-,18+,19?,20?,21?,22?,23?,24+,25?,26+,27+/m0/s1. The lowest BCUT2D eigenvalue weighted by Gasteiger charge is -2.62. The van der Waals surface area contributed by atoms with Crippen molar-refractivity contribution in [2.75, 3.05) is 0 Å². The van der Waals surface area contributed by atoms with Gasteiger partial charge in [0.2, 0.25) is 0 Å². The van der Waals surface area contributed by atoms with E-state index in [1.165, 1.54) is 12.8 Å². The fraction of sp³-hybridized carbons (Fsp3) is 1.00. The van der Waals surface area contributed by atoms with Crippen molar-refractivity contribution in [3.63, 3.8) is 0 Å². The molecule has 4 fully saturated rings. The van der Waals surface area contributed by atoms with E-state index >= 15 is 0 Å². The van der Waals surface area contributed by atoms with Gasteiger partial charge in [-0.2, -0.15) is 0 Å². The van der Waals surface area contributed by atoms with E-state index in [2.05, 4.69) is 34.6 Å². The molecule has 4 saturated carbocycles. The summed E-state index contributed by atoms with van der Waals surface area (Å²) in [5.74, 6) is 2.70. The van der Waals surface area contributed by atoms with E-state index in [0.29, 0.717) is 29.6 Å². The Morgan fingerprint density at radius 2 is 1.48 bits per heavy atom. The van der Waals surface area contributed by atoms with E-state index in [0.717, 1.165) is 44.9 Å². The zero-order valence-electron chi connectivity index (χ0n) is 20.5. The molecule has 0 spiro atoms. The van der Waals surface area contributed by atoms with Crippen molar-refractivity contribution in [1.29, 1.82) is 0 Å². The van der Waals surface area contributed by atoms with Gasteiger partial charge in [0.15, 0.2) is 0 Å². The zero-order chi connectivity index (χ0) is 22.7. The van der Waals surface area contributed by atoms with Gasteiger partial charge >= 0.3 is 0 Å². The SMILES string of the molecule is CC(C)C(O)CCC(C)C1C[C@@H](O)C2[C@@H]3CC(O)C4C[C@@H](O)CC[C@]4(C)C3CC[C@]12C. The second-order valence-electron chi connectivity index (χ2n) is 13.0. The molecule has 4 heteroatoms. The van der Waals surface area contributed by atoms with Gasteiger partial charge in [-0.15, -0.1) is 0 Å². The molecule has 0 aromatic rings. The molecule has 7 unspecified atom stereocenters. The van der Waals surface area contributed by atoms with Gasteiger partial charge in [-0.3, -0.25) is 0 Å². The van der Waals surface area contributed by atoms with Crippen LogP contribution in [-0.2, 0) is 0 Å². The lowest BCUT2D eigenvalue weighted by atomic mass is 9.43. The van der Waals surface area contributed by atoms with E-state index in [9.17, 15) is 20.4 Å². The van der Waals surface area contributed by atoms with Crippen LogP contribution in [0.1, 0.15) is 92.4 Å². The smallest absolute Gasteiger partial charge is 0.0579 e. The van der Waals surface area contributed by atoms with Gasteiger partial charge in [0.25, 0.3) is 0 Å². The van der Waals surface area contributed by atoms with Crippen LogP contribution < -0.4 is 0 Å². The second kappa shape index (κ2) is 8.56. The lowest BCUT2D eigenvalue weighted by Crippen LogP contribution is -2.59. The molecule has 180 valence electrons. The van der Waals surface area contributed by atoms with Crippen molar-refractivity contribution in [2.45, 2.75) is 117 Å². The first-order valence-corrected chi connectivity index (χ1v) is 13.2. The largest absolute Gasteiger partial charge is 0.393 e. The maximum Gasteiger partial charge on any atom is 0.0579 e. The van der Waals surface area contributed by atoms with Gasteiger partial charge in [-0.1, -0.05) is 34.6 Å². The second-order valence-corrected chi connectivity index (χ2v) is 13.0.